The van der Waals surface area contributed by atoms with E-state index in [2.05, 4.69) is 11.9 Å². The smallest absolute Gasteiger partial charge is 0.330 e. The summed E-state index contributed by atoms with van der Waals surface area (Å²) in [5, 5.41) is 23.0. The van der Waals surface area contributed by atoms with Gasteiger partial charge in [0.2, 0.25) is 11.8 Å². The summed E-state index contributed by atoms with van der Waals surface area (Å²) in [6.45, 7) is 9.18. The molecule has 0 spiro atoms. The van der Waals surface area contributed by atoms with Gasteiger partial charge in [-0.05, 0) is 29.5 Å². The minimum Gasteiger partial charge on any atom is -0.488 e. The molecule has 2 aromatic carbocycles. The number of aliphatic hydroxyl groups is 1. The van der Waals surface area contributed by atoms with Crippen molar-refractivity contribution in [2.75, 3.05) is 6.54 Å². The summed E-state index contributed by atoms with van der Waals surface area (Å²) < 4.78 is 6.54. The van der Waals surface area contributed by atoms with E-state index in [1.807, 2.05) is 63.2 Å². The molecule has 2 fully saturated rings. The molecular formula is C33H38N4O6. The van der Waals surface area contributed by atoms with Crippen LogP contribution in [0.5, 0.6) is 5.75 Å². The third kappa shape index (κ3) is 5.85. The molecule has 1 aliphatic heterocycles. The fraction of sp³-hybridized carbons (Fsp3) is 0.394. The highest BCUT2D eigenvalue weighted by Crippen LogP contribution is 2.45. The quantitative estimate of drug-likeness (QED) is 0.279. The predicted molar refractivity (Wildman–Crippen MR) is 162 cm³/mol. The Morgan fingerprint density at radius 2 is 1.93 bits per heavy atom. The number of aromatic nitrogens is 1. The van der Waals surface area contributed by atoms with E-state index in [0.717, 1.165) is 5.56 Å². The van der Waals surface area contributed by atoms with E-state index in [0.29, 0.717) is 27.9 Å². The lowest BCUT2D eigenvalue weighted by molar-refractivity contribution is -0.146. The number of benzene rings is 2. The van der Waals surface area contributed by atoms with E-state index >= 15 is 0 Å². The van der Waals surface area contributed by atoms with Crippen LogP contribution in [0.3, 0.4) is 0 Å². The first kappa shape index (κ1) is 30.2. The Hall–Kier alpha value is -4.28. The molecule has 0 radical (unpaired) electrons. The molecule has 2 aliphatic rings. The van der Waals surface area contributed by atoms with Gasteiger partial charge in [0.05, 0.1) is 30.4 Å². The molecule has 5 N–H and O–H groups in total. The van der Waals surface area contributed by atoms with Crippen LogP contribution in [0, 0.1) is 11.3 Å². The molecule has 10 heteroatoms. The number of nitrogens with two attached hydrogens (primary N) is 1. The molecule has 1 aromatic heterocycles. The molecule has 0 unspecified atom stereocenters. The predicted octanol–water partition coefficient (Wildman–Crippen LogP) is 3.26. The number of aliphatic carboxylic acids is 1. The Kier molecular flexibility index (Phi) is 8.02. The lowest BCUT2D eigenvalue weighted by Gasteiger charge is -2.32. The van der Waals surface area contributed by atoms with E-state index in [1.54, 1.807) is 12.1 Å². The van der Waals surface area contributed by atoms with Crippen molar-refractivity contribution in [1.82, 2.24) is 15.2 Å². The van der Waals surface area contributed by atoms with Crippen molar-refractivity contribution in [3.05, 3.63) is 72.8 Å². The van der Waals surface area contributed by atoms with Gasteiger partial charge in [0.1, 0.15) is 23.4 Å². The summed E-state index contributed by atoms with van der Waals surface area (Å²) in [4.78, 5) is 45.6. The molecule has 2 amide bonds. The highest BCUT2D eigenvalue weighted by atomic mass is 16.5. The van der Waals surface area contributed by atoms with Gasteiger partial charge in [-0.3, -0.25) is 9.59 Å². The zero-order valence-electron chi connectivity index (χ0n) is 24.6. The molecule has 226 valence electrons. The van der Waals surface area contributed by atoms with E-state index in [1.165, 1.54) is 11.0 Å². The Morgan fingerprint density at radius 1 is 1.21 bits per heavy atom. The number of carbonyl (C=O) groups excluding carboxylic acids is 2. The van der Waals surface area contributed by atoms with Gasteiger partial charge in [-0.2, -0.15) is 0 Å². The number of amides is 2. The Labute approximate surface area is 250 Å². The van der Waals surface area contributed by atoms with Crippen molar-refractivity contribution in [2.24, 2.45) is 17.1 Å². The average molecular weight is 587 g/mol. The number of carboxylic acids is 1. The summed E-state index contributed by atoms with van der Waals surface area (Å²) >= 11 is 0. The molecule has 1 saturated carbocycles. The van der Waals surface area contributed by atoms with Crippen LogP contribution in [0.15, 0.2) is 67.3 Å². The number of nitrogens with one attached hydrogen (secondary N) is 1. The number of aliphatic hydroxyl groups excluding tert-OH is 1. The lowest BCUT2D eigenvalue weighted by Crippen LogP contribution is -2.57. The Bertz CT molecular complexity index is 1570. The van der Waals surface area contributed by atoms with Crippen LogP contribution in [-0.4, -0.2) is 68.2 Å². The SMILES string of the molecule is C=C[C@@H]1C[C@]1(NC(=O)[C@@H]1C[C@@H](Oc2cc(-c3ccccc3)nc3cc(CO)ccc23)CN1C(=O)[C@@H](N)C(C)(C)C)C(=O)O. The maximum absolute atomic E-state index is 13.7. The van der Waals surface area contributed by atoms with Gasteiger partial charge in [-0.25, -0.2) is 9.78 Å². The van der Waals surface area contributed by atoms with Crippen LogP contribution < -0.4 is 15.8 Å². The number of ether oxygens (including phenoxy) is 1. The fourth-order valence-corrected chi connectivity index (χ4v) is 5.62. The monoisotopic (exact) mass is 586 g/mol. The largest absolute Gasteiger partial charge is 0.488 e. The lowest BCUT2D eigenvalue weighted by atomic mass is 9.86. The minimum absolute atomic E-state index is 0.0882. The highest BCUT2D eigenvalue weighted by molar-refractivity contribution is 5.96. The molecule has 1 saturated heterocycles. The second-order valence-corrected chi connectivity index (χ2v) is 12.5. The number of likely N-dealkylation sites (tertiary alicyclic amines) is 1. The van der Waals surface area contributed by atoms with Gasteiger partial charge in [0.15, 0.2) is 0 Å². The summed E-state index contributed by atoms with van der Waals surface area (Å²) in [5.41, 5.74) is 7.22. The number of hydrogen-bond donors (Lipinski definition) is 4. The molecule has 1 aliphatic carbocycles. The fourth-order valence-electron chi connectivity index (χ4n) is 5.62. The van der Waals surface area contributed by atoms with Crippen molar-refractivity contribution in [3.63, 3.8) is 0 Å². The maximum Gasteiger partial charge on any atom is 0.330 e. The first-order valence-corrected chi connectivity index (χ1v) is 14.4. The van der Waals surface area contributed by atoms with E-state index < -0.39 is 52.8 Å². The normalized spacial score (nSPS) is 23.9. The number of carboxylic acid groups (broad SMARTS) is 1. The second kappa shape index (κ2) is 11.4. The van der Waals surface area contributed by atoms with Crippen LogP contribution in [-0.2, 0) is 21.0 Å². The molecule has 10 nitrogen and oxygen atoms in total. The number of pyridine rings is 1. The highest BCUT2D eigenvalue weighted by Gasteiger charge is 2.61. The zero-order chi connectivity index (χ0) is 31.1. The molecular weight excluding hydrogens is 548 g/mol. The third-order valence-electron chi connectivity index (χ3n) is 8.46. The maximum atomic E-state index is 13.7. The summed E-state index contributed by atoms with van der Waals surface area (Å²) in [7, 11) is 0. The van der Waals surface area contributed by atoms with Gasteiger partial charge >= 0.3 is 5.97 Å². The minimum atomic E-state index is -1.44. The van der Waals surface area contributed by atoms with E-state index in [-0.39, 0.29) is 26.0 Å². The van der Waals surface area contributed by atoms with Gasteiger partial charge in [-0.15, -0.1) is 6.58 Å². The average Bonchev–Trinajstić information content (AvgIpc) is 3.55. The summed E-state index contributed by atoms with van der Waals surface area (Å²) in [6.07, 6.45) is 1.31. The van der Waals surface area contributed by atoms with Gasteiger partial charge < -0.3 is 30.9 Å². The number of hydrogen-bond acceptors (Lipinski definition) is 7. The van der Waals surface area contributed by atoms with E-state index in [9.17, 15) is 24.6 Å². The summed E-state index contributed by atoms with van der Waals surface area (Å²) in [6, 6.07) is 15.0. The van der Waals surface area contributed by atoms with Crippen molar-refractivity contribution in [1.29, 1.82) is 0 Å². The number of nitrogens with zero attached hydrogens (tertiary/aromatic N) is 2. The molecule has 3 aromatic rings. The van der Waals surface area contributed by atoms with Crippen molar-refractivity contribution < 1.29 is 29.3 Å². The Balaban J connectivity index is 1.49. The summed E-state index contributed by atoms with van der Waals surface area (Å²) in [5.74, 6) is -1.99. The van der Waals surface area contributed by atoms with Crippen molar-refractivity contribution in [2.45, 2.75) is 63.9 Å². The van der Waals surface area contributed by atoms with Crippen LogP contribution in [0.1, 0.15) is 39.2 Å². The number of rotatable bonds is 9. The van der Waals surface area contributed by atoms with Crippen LogP contribution in [0.2, 0.25) is 0 Å². The third-order valence-corrected chi connectivity index (χ3v) is 8.46. The van der Waals surface area contributed by atoms with Crippen molar-refractivity contribution in [3.8, 4) is 17.0 Å². The molecule has 2 heterocycles. The number of fused-ring (bicyclic) bond motifs is 1. The van der Waals surface area contributed by atoms with Crippen LogP contribution >= 0.6 is 0 Å². The van der Waals surface area contributed by atoms with E-state index in [4.69, 9.17) is 15.5 Å². The first-order chi connectivity index (χ1) is 20.4. The van der Waals surface area contributed by atoms with Crippen molar-refractivity contribution >= 4 is 28.7 Å². The zero-order valence-corrected chi connectivity index (χ0v) is 24.6. The van der Waals surface area contributed by atoms with Gasteiger partial charge in [-0.1, -0.05) is 63.2 Å². The first-order valence-electron chi connectivity index (χ1n) is 14.4. The standard InChI is InChI=1S/C33H38N4O6/c1-5-21-16-33(21,31(41)42)36-29(39)26-14-22(17-37(26)30(40)28(34)32(2,3)4)43-27-15-24(20-9-7-6-8-10-20)35-25-13-19(18-38)11-12-23(25)27/h5-13,15,21-22,26,28,38H,1,14,16-18,34H2,2-4H3,(H,36,39)(H,41,42)/t21-,22-,26+,28-,33-/m1/s1. The second-order valence-electron chi connectivity index (χ2n) is 12.5. The molecule has 43 heavy (non-hydrogen) atoms. The Morgan fingerprint density at radius 3 is 2.53 bits per heavy atom. The van der Waals surface area contributed by atoms with Gasteiger partial charge in [0.25, 0.3) is 0 Å². The number of carbonyl (C=O) groups is 3. The molecule has 5 atom stereocenters. The molecule has 0 bridgehead atoms. The topological polar surface area (TPSA) is 155 Å². The van der Waals surface area contributed by atoms with Gasteiger partial charge in [0, 0.05) is 29.4 Å². The molecule has 5 rings (SSSR count). The van der Waals surface area contributed by atoms with Crippen LogP contribution in [0.25, 0.3) is 22.2 Å². The van der Waals surface area contributed by atoms with Crippen LogP contribution in [0.4, 0.5) is 0 Å².